The molecule has 3 heteroatoms. The third kappa shape index (κ3) is 3.51. The molecular weight excluding hydrogens is 229 g/mol. The molecule has 1 aromatic rings. The number of piperidine rings is 1. The Hall–Kier alpha value is -0.530. The molecule has 0 bridgehead atoms. The van der Waals surface area contributed by atoms with Gasteiger partial charge in [-0.05, 0) is 18.6 Å². The van der Waals surface area contributed by atoms with E-state index in [1.807, 2.05) is 18.2 Å². The monoisotopic (exact) mass is 243 g/mol. The van der Waals surface area contributed by atoms with E-state index in [1.165, 1.54) is 32.4 Å². The van der Waals surface area contributed by atoms with Crippen LogP contribution in [0.4, 0.5) is 0 Å². The van der Waals surface area contributed by atoms with Gasteiger partial charge in [-0.15, -0.1) is 0 Å². The Balaban J connectivity index is 0.00000112. The first-order valence-corrected chi connectivity index (χ1v) is 5.57. The van der Waals surface area contributed by atoms with Gasteiger partial charge in [0.15, 0.2) is 6.21 Å². The maximum absolute atomic E-state index is 6.09. The second kappa shape index (κ2) is 6.14. The number of benzene rings is 1. The first-order chi connectivity index (χ1) is 6.86. The average molecular weight is 244 g/mol. The minimum atomic E-state index is 0. The third-order valence-corrected chi connectivity index (χ3v) is 2.96. The Bertz CT molecular complexity index is 339. The Labute approximate surface area is 102 Å². The van der Waals surface area contributed by atoms with Crippen LogP contribution in [-0.2, 0) is 0 Å². The average Bonchev–Trinajstić information content (AvgIpc) is 2.23. The molecule has 0 unspecified atom stereocenters. The van der Waals surface area contributed by atoms with Gasteiger partial charge in [0.05, 0.1) is 10.6 Å². The van der Waals surface area contributed by atoms with Crippen LogP contribution in [0.15, 0.2) is 24.3 Å². The highest BCUT2D eigenvalue weighted by atomic mass is 35.5. The number of hydrogen-bond donors (Lipinski definition) is 0. The highest BCUT2D eigenvalue weighted by Crippen LogP contribution is 2.13. The molecule has 1 aliphatic heterocycles. The molecule has 0 aromatic heterocycles. The molecule has 15 heavy (non-hydrogen) atoms. The number of halogens is 2. The van der Waals surface area contributed by atoms with E-state index < -0.39 is 0 Å². The van der Waals surface area contributed by atoms with Gasteiger partial charge in [0.2, 0.25) is 0 Å². The van der Waals surface area contributed by atoms with Crippen molar-refractivity contribution in [1.29, 1.82) is 0 Å². The lowest BCUT2D eigenvalue weighted by molar-refractivity contribution is -0.532. The summed E-state index contributed by atoms with van der Waals surface area (Å²) < 4.78 is 2.37. The molecule has 1 heterocycles. The largest absolute Gasteiger partial charge is 1.00 e. The van der Waals surface area contributed by atoms with Gasteiger partial charge < -0.3 is 12.4 Å². The van der Waals surface area contributed by atoms with Crippen LogP contribution in [0.3, 0.4) is 0 Å². The number of rotatable bonds is 1. The lowest BCUT2D eigenvalue weighted by atomic mass is 10.1. The van der Waals surface area contributed by atoms with Crippen molar-refractivity contribution >= 4 is 17.8 Å². The fraction of sp³-hybridized carbons (Fsp3) is 0.417. The molecule has 0 N–H and O–H groups in total. The summed E-state index contributed by atoms with van der Waals surface area (Å²) in [5, 5.41) is 0.845. The normalized spacial score (nSPS) is 15.7. The predicted octanol–water partition coefficient (Wildman–Crippen LogP) is -0.0407. The van der Waals surface area contributed by atoms with Gasteiger partial charge >= 0.3 is 0 Å². The third-order valence-electron chi connectivity index (χ3n) is 2.62. The van der Waals surface area contributed by atoms with Crippen LogP contribution in [0.2, 0.25) is 5.02 Å². The molecular formula is C12H15Cl2N. The van der Waals surface area contributed by atoms with Crippen molar-refractivity contribution in [3.8, 4) is 0 Å². The van der Waals surface area contributed by atoms with Crippen LogP contribution in [0.25, 0.3) is 0 Å². The van der Waals surface area contributed by atoms with Gasteiger partial charge in [0.25, 0.3) is 0 Å². The molecule has 0 radical (unpaired) electrons. The van der Waals surface area contributed by atoms with Crippen LogP contribution >= 0.6 is 11.6 Å². The van der Waals surface area contributed by atoms with E-state index in [9.17, 15) is 0 Å². The van der Waals surface area contributed by atoms with E-state index in [1.54, 1.807) is 0 Å². The summed E-state index contributed by atoms with van der Waals surface area (Å²) in [4.78, 5) is 0. The van der Waals surface area contributed by atoms with Crippen LogP contribution in [0.1, 0.15) is 24.8 Å². The first-order valence-electron chi connectivity index (χ1n) is 5.20. The van der Waals surface area contributed by atoms with Crippen LogP contribution in [0, 0.1) is 0 Å². The second-order valence-electron chi connectivity index (χ2n) is 3.75. The fourth-order valence-electron chi connectivity index (χ4n) is 1.82. The highest BCUT2D eigenvalue weighted by molar-refractivity contribution is 6.32. The molecule has 1 aliphatic rings. The molecule has 0 atom stereocenters. The summed E-state index contributed by atoms with van der Waals surface area (Å²) in [7, 11) is 0. The molecule has 2 rings (SSSR count). The molecule has 1 nitrogen and oxygen atoms in total. The lowest BCUT2D eigenvalue weighted by Crippen LogP contribution is -3.00. The van der Waals surface area contributed by atoms with Crippen LogP contribution in [-0.4, -0.2) is 23.9 Å². The summed E-state index contributed by atoms with van der Waals surface area (Å²) in [6.45, 7) is 2.34. The summed E-state index contributed by atoms with van der Waals surface area (Å²) in [5.74, 6) is 0. The Kier molecular flexibility index (Phi) is 5.13. The zero-order chi connectivity index (χ0) is 9.80. The minimum Gasteiger partial charge on any atom is -1.00 e. The SMILES string of the molecule is Clc1ccccc1C=[N+]1CCCCC1.[Cl-]. The van der Waals surface area contributed by atoms with Gasteiger partial charge in [-0.2, -0.15) is 0 Å². The molecule has 0 aliphatic carbocycles. The van der Waals surface area contributed by atoms with Crippen molar-refractivity contribution in [3.05, 3.63) is 34.9 Å². The number of hydrogen-bond acceptors (Lipinski definition) is 0. The maximum atomic E-state index is 6.09. The first kappa shape index (κ1) is 12.5. The van der Waals surface area contributed by atoms with Gasteiger partial charge in [0.1, 0.15) is 13.1 Å². The minimum absolute atomic E-state index is 0. The van der Waals surface area contributed by atoms with E-state index in [4.69, 9.17) is 11.6 Å². The summed E-state index contributed by atoms with van der Waals surface area (Å²) in [5.41, 5.74) is 1.14. The van der Waals surface area contributed by atoms with E-state index in [-0.39, 0.29) is 12.4 Å². The van der Waals surface area contributed by atoms with E-state index in [2.05, 4.69) is 16.9 Å². The summed E-state index contributed by atoms with van der Waals surface area (Å²) in [6, 6.07) is 8.01. The van der Waals surface area contributed by atoms with Crippen molar-refractivity contribution < 1.29 is 17.0 Å². The molecule has 0 saturated carbocycles. The van der Waals surface area contributed by atoms with Crippen molar-refractivity contribution in [2.24, 2.45) is 0 Å². The highest BCUT2D eigenvalue weighted by Gasteiger charge is 2.11. The summed E-state index contributed by atoms with van der Waals surface area (Å²) in [6.07, 6.45) is 6.16. The zero-order valence-corrected chi connectivity index (χ0v) is 10.1. The second-order valence-corrected chi connectivity index (χ2v) is 4.15. The Morgan fingerprint density at radius 3 is 2.40 bits per heavy atom. The zero-order valence-electron chi connectivity index (χ0n) is 8.63. The topological polar surface area (TPSA) is 3.01 Å². The standard InChI is InChI=1S/C12H15ClN.ClH/c13-12-7-3-2-6-11(12)10-14-8-4-1-5-9-14;/h2-3,6-7,10H,1,4-5,8-9H2;1H/q+1;/p-1. The Morgan fingerprint density at radius 1 is 1.07 bits per heavy atom. The van der Waals surface area contributed by atoms with Crippen molar-refractivity contribution in [3.63, 3.8) is 0 Å². The molecule has 82 valence electrons. The van der Waals surface area contributed by atoms with Crippen molar-refractivity contribution in [1.82, 2.24) is 0 Å². The van der Waals surface area contributed by atoms with Crippen LogP contribution < -0.4 is 12.4 Å². The predicted molar refractivity (Wildman–Crippen MR) is 60.5 cm³/mol. The van der Waals surface area contributed by atoms with Gasteiger partial charge in [-0.3, -0.25) is 0 Å². The molecule has 1 saturated heterocycles. The molecule has 1 aromatic carbocycles. The maximum Gasteiger partial charge on any atom is 0.172 e. The fourth-order valence-corrected chi connectivity index (χ4v) is 2.01. The number of nitrogens with zero attached hydrogens (tertiary/aromatic N) is 1. The van der Waals surface area contributed by atoms with Gasteiger partial charge in [-0.1, -0.05) is 23.7 Å². The smallest absolute Gasteiger partial charge is 0.172 e. The van der Waals surface area contributed by atoms with Crippen molar-refractivity contribution in [2.75, 3.05) is 13.1 Å². The van der Waals surface area contributed by atoms with E-state index in [0.29, 0.717) is 0 Å². The van der Waals surface area contributed by atoms with Gasteiger partial charge in [-0.25, -0.2) is 4.58 Å². The Morgan fingerprint density at radius 2 is 1.73 bits per heavy atom. The van der Waals surface area contributed by atoms with E-state index in [0.717, 1.165) is 10.6 Å². The van der Waals surface area contributed by atoms with Crippen molar-refractivity contribution in [2.45, 2.75) is 19.3 Å². The molecule has 0 spiro atoms. The quantitative estimate of drug-likeness (QED) is 0.610. The molecule has 0 amide bonds. The van der Waals surface area contributed by atoms with E-state index >= 15 is 0 Å². The summed E-state index contributed by atoms with van der Waals surface area (Å²) >= 11 is 6.09. The lowest BCUT2D eigenvalue weighted by Gasteiger charge is -2.09. The molecule has 1 fully saturated rings. The van der Waals surface area contributed by atoms with Crippen LogP contribution in [0.5, 0.6) is 0 Å². The van der Waals surface area contributed by atoms with Gasteiger partial charge in [0, 0.05) is 12.8 Å².